The Morgan fingerprint density at radius 1 is 1.07 bits per heavy atom. The van der Waals surface area contributed by atoms with Gasteiger partial charge in [-0.2, -0.15) is 0 Å². The molecule has 3 heterocycles. The molecule has 3 aliphatic rings. The van der Waals surface area contributed by atoms with E-state index in [-0.39, 0.29) is 0 Å². The molecule has 6 heteroatoms. The normalized spacial score (nSPS) is 21.9. The number of aromatic nitrogens is 3. The van der Waals surface area contributed by atoms with Gasteiger partial charge in [-0.1, -0.05) is 12.8 Å². The third-order valence-corrected chi connectivity index (χ3v) is 6.41. The van der Waals surface area contributed by atoms with Crippen LogP contribution in [0, 0.1) is 11.8 Å². The van der Waals surface area contributed by atoms with E-state index in [1.54, 1.807) is 0 Å². The van der Waals surface area contributed by atoms with E-state index in [0.717, 1.165) is 50.1 Å². The molecule has 5 rings (SSSR count). The van der Waals surface area contributed by atoms with Crippen LogP contribution in [0.15, 0.2) is 18.3 Å². The minimum absolute atomic E-state index is 0.296. The average molecular weight is 368 g/mol. The number of carbonyl (C=O) groups excluding carboxylic acids is 1. The van der Waals surface area contributed by atoms with Gasteiger partial charge >= 0.3 is 0 Å². The van der Waals surface area contributed by atoms with Crippen molar-refractivity contribution in [2.24, 2.45) is 11.8 Å². The molecule has 6 nitrogen and oxygen atoms in total. The Morgan fingerprint density at radius 3 is 2.59 bits per heavy atom. The summed E-state index contributed by atoms with van der Waals surface area (Å²) in [4.78, 5) is 19.3. The molecule has 0 atom stereocenters. The van der Waals surface area contributed by atoms with Crippen molar-refractivity contribution < 1.29 is 9.53 Å². The molecular formula is C21H28N4O2. The molecule has 1 amide bonds. The molecule has 0 N–H and O–H groups in total. The van der Waals surface area contributed by atoms with Gasteiger partial charge in [0.25, 0.3) is 0 Å². The summed E-state index contributed by atoms with van der Waals surface area (Å²) in [5.74, 6) is 2.48. The number of imidazole rings is 1. The molecule has 1 aliphatic heterocycles. The maximum absolute atomic E-state index is 12.5. The number of piperidine rings is 1. The molecule has 0 bridgehead atoms. The van der Waals surface area contributed by atoms with Crippen LogP contribution < -0.4 is 4.74 Å². The van der Waals surface area contributed by atoms with Gasteiger partial charge in [0.2, 0.25) is 11.8 Å². The van der Waals surface area contributed by atoms with Crippen LogP contribution in [-0.2, 0) is 4.79 Å². The highest BCUT2D eigenvalue weighted by Gasteiger charge is 2.30. The van der Waals surface area contributed by atoms with E-state index in [1.165, 1.54) is 25.7 Å². The van der Waals surface area contributed by atoms with Crippen LogP contribution in [0.5, 0.6) is 5.88 Å². The van der Waals surface area contributed by atoms with Crippen LogP contribution in [0.3, 0.4) is 0 Å². The number of hydrogen-bond donors (Lipinski definition) is 0. The van der Waals surface area contributed by atoms with Crippen molar-refractivity contribution in [2.45, 2.75) is 57.3 Å². The van der Waals surface area contributed by atoms with Gasteiger partial charge in [-0.25, -0.2) is 9.50 Å². The lowest BCUT2D eigenvalue weighted by Crippen LogP contribution is -2.42. The van der Waals surface area contributed by atoms with Gasteiger partial charge < -0.3 is 9.64 Å². The first-order valence-corrected chi connectivity index (χ1v) is 10.5. The summed E-state index contributed by atoms with van der Waals surface area (Å²) >= 11 is 0. The van der Waals surface area contributed by atoms with E-state index in [4.69, 9.17) is 4.74 Å². The highest BCUT2D eigenvalue weighted by atomic mass is 16.5. The number of fused-ring (bicyclic) bond motifs is 1. The smallest absolute Gasteiger partial charge is 0.231 e. The standard InChI is InChI=1S/C21H28N4O2/c26-21(17-3-1-2-4-17)24-11-9-15(10-12-24)14-27-20-8-7-19-22-18(16-5-6-16)13-25(19)23-20/h7-8,13,15-17H,1-6,9-12,14H2. The van der Waals surface area contributed by atoms with Crippen molar-refractivity contribution in [1.82, 2.24) is 19.5 Å². The summed E-state index contributed by atoms with van der Waals surface area (Å²) in [5.41, 5.74) is 2.04. The van der Waals surface area contributed by atoms with Crippen LogP contribution >= 0.6 is 0 Å². The van der Waals surface area contributed by atoms with Gasteiger partial charge in [0, 0.05) is 31.0 Å². The van der Waals surface area contributed by atoms with Crippen molar-refractivity contribution in [3.05, 3.63) is 24.0 Å². The van der Waals surface area contributed by atoms with E-state index in [9.17, 15) is 4.79 Å². The highest BCUT2D eigenvalue weighted by molar-refractivity contribution is 5.79. The van der Waals surface area contributed by atoms with E-state index in [2.05, 4.69) is 15.0 Å². The molecule has 0 spiro atoms. The zero-order chi connectivity index (χ0) is 18.2. The van der Waals surface area contributed by atoms with Gasteiger partial charge in [-0.05, 0) is 50.5 Å². The van der Waals surface area contributed by atoms with E-state index >= 15 is 0 Å². The first-order valence-electron chi connectivity index (χ1n) is 10.5. The Hall–Kier alpha value is -2.11. The lowest BCUT2D eigenvalue weighted by molar-refractivity contribution is -0.136. The van der Waals surface area contributed by atoms with Crippen molar-refractivity contribution >= 4 is 11.6 Å². The summed E-state index contributed by atoms with van der Waals surface area (Å²) < 4.78 is 7.81. The molecular weight excluding hydrogens is 340 g/mol. The molecule has 3 fully saturated rings. The van der Waals surface area contributed by atoms with Crippen molar-refractivity contribution in [3.8, 4) is 5.88 Å². The molecule has 1 saturated heterocycles. The number of hydrogen-bond acceptors (Lipinski definition) is 4. The van der Waals surface area contributed by atoms with E-state index < -0.39 is 0 Å². The number of amides is 1. The van der Waals surface area contributed by atoms with Crippen LogP contribution in [0.2, 0.25) is 0 Å². The minimum Gasteiger partial charge on any atom is -0.476 e. The molecule has 0 radical (unpaired) electrons. The molecule has 0 unspecified atom stereocenters. The number of likely N-dealkylation sites (tertiary alicyclic amines) is 1. The molecule has 2 aliphatic carbocycles. The van der Waals surface area contributed by atoms with Crippen LogP contribution in [-0.4, -0.2) is 45.1 Å². The fourth-order valence-electron chi connectivity index (χ4n) is 4.49. The van der Waals surface area contributed by atoms with Crippen LogP contribution in [0.1, 0.15) is 63.0 Å². The first kappa shape index (κ1) is 17.0. The topological polar surface area (TPSA) is 59.7 Å². The van der Waals surface area contributed by atoms with Gasteiger partial charge in [0.15, 0.2) is 5.65 Å². The Labute approximate surface area is 159 Å². The van der Waals surface area contributed by atoms with Gasteiger partial charge in [-0.15, -0.1) is 5.10 Å². The molecule has 27 heavy (non-hydrogen) atoms. The van der Waals surface area contributed by atoms with E-state index in [1.807, 2.05) is 22.8 Å². The average Bonchev–Trinajstić information content (AvgIpc) is 3.24. The summed E-state index contributed by atoms with van der Waals surface area (Å²) in [6.45, 7) is 2.43. The number of rotatable bonds is 5. The summed E-state index contributed by atoms with van der Waals surface area (Å²) in [6, 6.07) is 3.90. The number of nitrogens with zero attached hydrogens (tertiary/aromatic N) is 4. The van der Waals surface area contributed by atoms with Crippen molar-refractivity contribution in [2.75, 3.05) is 19.7 Å². The molecule has 0 aromatic carbocycles. The Bertz CT molecular complexity index is 815. The zero-order valence-corrected chi connectivity index (χ0v) is 15.8. The predicted octanol–water partition coefficient (Wildman–Crippen LogP) is 3.41. The number of carbonyl (C=O) groups is 1. The summed E-state index contributed by atoms with van der Waals surface area (Å²) in [6.07, 6.45) is 11.2. The lowest BCUT2D eigenvalue weighted by atomic mass is 9.96. The van der Waals surface area contributed by atoms with Crippen molar-refractivity contribution in [3.63, 3.8) is 0 Å². The molecule has 2 saturated carbocycles. The highest BCUT2D eigenvalue weighted by Crippen LogP contribution is 2.39. The van der Waals surface area contributed by atoms with Gasteiger partial charge in [0.1, 0.15) is 0 Å². The maximum atomic E-state index is 12.5. The minimum atomic E-state index is 0.296. The fraction of sp³-hybridized carbons (Fsp3) is 0.667. The zero-order valence-electron chi connectivity index (χ0n) is 15.8. The van der Waals surface area contributed by atoms with Gasteiger partial charge in [-0.3, -0.25) is 4.79 Å². The lowest BCUT2D eigenvalue weighted by Gasteiger charge is -2.33. The molecule has 144 valence electrons. The third-order valence-electron chi connectivity index (χ3n) is 6.41. The second-order valence-corrected chi connectivity index (χ2v) is 8.48. The molecule has 2 aromatic rings. The number of ether oxygens (including phenoxy) is 1. The van der Waals surface area contributed by atoms with Crippen LogP contribution in [0.25, 0.3) is 5.65 Å². The van der Waals surface area contributed by atoms with Gasteiger partial charge in [0.05, 0.1) is 18.5 Å². The monoisotopic (exact) mass is 368 g/mol. The summed E-state index contributed by atoms with van der Waals surface area (Å²) in [5, 5.41) is 4.55. The largest absolute Gasteiger partial charge is 0.476 e. The SMILES string of the molecule is O=C(C1CCCC1)N1CCC(COc2ccc3nc(C4CC4)cn3n2)CC1. The Kier molecular flexibility index (Phi) is 4.50. The second-order valence-electron chi connectivity index (χ2n) is 8.48. The fourth-order valence-corrected chi connectivity index (χ4v) is 4.49. The van der Waals surface area contributed by atoms with Crippen molar-refractivity contribution in [1.29, 1.82) is 0 Å². The molecule has 2 aromatic heterocycles. The van der Waals surface area contributed by atoms with E-state index in [0.29, 0.717) is 36.1 Å². The van der Waals surface area contributed by atoms with Crippen LogP contribution in [0.4, 0.5) is 0 Å². The maximum Gasteiger partial charge on any atom is 0.231 e. The third kappa shape index (κ3) is 3.66. The quantitative estimate of drug-likeness (QED) is 0.811. The first-order chi connectivity index (χ1) is 13.3. The Morgan fingerprint density at radius 2 is 1.85 bits per heavy atom. The predicted molar refractivity (Wildman–Crippen MR) is 102 cm³/mol. The summed E-state index contributed by atoms with van der Waals surface area (Å²) in [7, 11) is 0. The Balaban J connectivity index is 1.13. The second kappa shape index (κ2) is 7.13.